The topological polar surface area (TPSA) is 126 Å². The Balaban J connectivity index is 1.48. The third-order valence-electron chi connectivity index (χ3n) is 5.52. The molecule has 1 aromatic carbocycles. The minimum atomic E-state index is -3.83. The van der Waals surface area contributed by atoms with Gasteiger partial charge in [-0.1, -0.05) is 0 Å². The van der Waals surface area contributed by atoms with Crippen LogP contribution < -0.4 is 9.64 Å². The highest BCUT2D eigenvalue weighted by Gasteiger charge is 2.46. The Hall–Kier alpha value is -2.57. The van der Waals surface area contributed by atoms with Crippen molar-refractivity contribution < 1.29 is 37.3 Å². The Morgan fingerprint density at radius 2 is 1.91 bits per heavy atom. The molecule has 0 unspecified atom stereocenters. The first-order valence-electron chi connectivity index (χ1n) is 10.4. The van der Waals surface area contributed by atoms with Gasteiger partial charge in [0.25, 0.3) is 0 Å². The Morgan fingerprint density at radius 1 is 1.22 bits per heavy atom. The summed E-state index contributed by atoms with van der Waals surface area (Å²) in [7, 11) is -3.83. The molecule has 0 radical (unpaired) electrons. The van der Waals surface area contributed by atoms with E-state index in [0.717, 1.165) is 0 Å². The lowest BCUT2D eigenvalue weighted by molar-refractivity contribution is 0.0192. The number of cyclic esters (lactones) is 1. The van der Waals surface area contributed by atoms with E-state index in [1.54, 1.807) is 20.8 Å². The van der Waals surface area contributed by atoms with Gasteiger partial charge in [0, 0.05) is 32.2 Å². The molecule has 12 heteroatoms. The SMILES string of the molecule is CC(C)(C)OC(=O)N1CCN(S(=O)(=O)c2ccc3c(c2)OC[C@@H]2[C@@H](CO)OC(=O)N32)CC1. The molecule has 0 aliphatic carbocycles. The number of carbonyl (C=O) groups excluding carboxylic acids is 2. The average Bonchev–Trinajstić information content (AvgIpc) is 3.08. The van der Waals surface area contributed by atoms with Crippen LogP contribution in [0.1, 0.15) is 20.8 Å². The molecular formula is C20H27N3O8S. The Labute approximate surface area is 186 Å². The highest BCUT2D eigenvalue weighted by Crippen LogP contribution is 2.40. The molecule has 1 N–H and O–H groups in total. The first kappa shape index (κ1) is 22.6. The summed E-state index contributed by atoms with van der Waals surface area (Å²) in [6, 6.07) is 3.84. The maximum Gasteiger partial charge on any atom is 0.415 e. The molecule has 0 saturated carbocycles. The van der Waals surface area contributed by atoms with E-state index in [9.17, 15) is 23.1 Å². The van der Waals surface area contributed by atoms with E-state index >= 15 is 0 Å². The molecule has 3 heterocycles. The number of aliphatic hydroxyl groups is 1. The summed E-state index contributed by atoms with van der Waals surface area (Å²) in [4.78, 5) is 27.3. The number of fused-ring (bicyclic) bond motifs is 3. The molecule has 0 aromatic heterocycles. The second-order valence-electron chi connectivity index (χ2n) is 8.85. The molecule has 4 rings (SSSR count). The average molecular weight is 470 g/mol. The number of ether oxygens (including phenoxy) is 3. The number of amides is 2. The largest absolute Gasteiger partial charge is 0.489 e. The number of sulfonamides is 1. The summed E-state index contributed by atoms with van der Waals surface area (Å²) >= 11 is 0. The zero-order valence-electron chi connectivity index (χ0n) is 18.2. The highest BCUT2D eigenvalue weighted by atomic mass is 32.2. The van der Waals surface area contributed by atoms with Gasteiger partial charge in [-0.3, -0.25) is 4.90 Å². The van der Waals surface area contributed by atoms with Crippen LogP contribution in [-0.4, -0.2) is 92.1 Å². The van der Waals surface area contributed by atoms with Gasteiger partial charge in [-0.2, -0.15) is 4.31 Å². The number of nitrogens with zero attached hydrogens (tertiary/aromatic N) is 3. The number of hydrogen-bond donors (Lipinski definition) is 1. The van der Waals surface area contributed by atoms with Gasteiger partial charge in [-0.15, -0.1) is 0 Å². The van der Waals surface area contributed by atoms with E-state index in [-0.39, 0.29) is 50.0 Å². The number of aliphatic hydroxyl groups excluding tert-OH is 1. The van der Waals surface area contributed by atoms with Crippen LogP contribution in [0.15, 0.2) is 23.1 Å². The summed E-state index contributed by atoms with van der Waals surface area (Å²) in [5.74, 6) is 0.255. The summed E-state index contributed by atoms with van der Waals surface area (Å²) in [5, 5.41) is 9.40. The molecule has 2 atom stereocenters. The summed E-state index contributed by atoms with van der Waals surface area (Å²) in [6.45, 7) is 5.80. The highest BCUT2D eigenvalue weighted by molar-refractivity contribution is 7.89. The van der Waals surface area contributed by atoms with Gasteiger partial charge >= 0.3 is 12.2 Å². The van der Waals surface area contributed by atoms with E-state index in [2.05, 4.69) is 0 Å². The lowest BCUT2D eigenvalue weighted by Crippen LogP contribution is -2.51. The smallest absolute Gasteiger partial charge is 0.415 e. The van der Waals surface area contributed by atoms with E-state index in [0.29, 0.717) is 5.69 Å². The monoisotopic (exact) mass is 469 g/mol. The van der Waals surface area contributed by atoms with E-state index < -0.39 is 40.0 Å². The Kier molecular flexibility index (Phi) is 5.72. The molecule has 2 fully saturated rings. The van der Waals surface area contributed by atoms with Crippen molar-refractivity contribution in [2.75, 3.05) is 44.3 Å². The third kappa shape index (κ3) is 4.09. The van der Waals surface area contributed by atoms with Gasteiger partial charge in [0.2, 0.25) is 10.0 Å². The van der Waals surface area contributed by atoms with Gasteiger partial charge in [-0.25, -0.2) is 18.0 Å². The lowest BCUT2D eigenvalue weighted by Gasteiger charge is -2.35. The molecular weight excluding hydrogens is 442 g/mol. The molecule has 176 valence electrons. The fourth-order valence-corrected chi connectivity index (χ4v) is 5.35. The molecule has 0 spiro atoms. The number of carbonyl (C=O) groups is 2. The summed E-state index contributed by atoms with van der Waals surface area (Å²) in [6.07, 6.45) is -1.77. The van der Waals surface area contributed by atoms with E-state index in [1.165, 1.54) is 32.3 Å². The number of hydrogen-bond acceptors (Lipinski definition) is 8. The minimum Gasteiger partial charge on any atom is -0.489 e. The fourth-order valence-electron chi connectivity index (χ4n) is 3.92. The van der Waals surface area contributed by atoms with Gasteiger partial charge in [0.1, 0.15) is 24.0 Å². The second-order valence-corrected chi connectivity index (χ2v) is 10.8. The Morgan fingerprint density at radius 3 is 2.53 bits per heavy atom. The zero-order valence-corrected chi connectivity index (χ0v) is 19.0. The standard InChI is InChI=1S/C20H27N3O8S/c1-20(2,3)31-18(25)21-6-8-22(9-7-21)32(27,28)13-4-5-14-16(10-13)29-12-15-17(11-24)30-19(26)23(14)15/h4-5,10,15,17,24H,6-9,11-12H2,1-3H3/t15-,17-/m1/s1. The first-order chi connectivity index (χ1) is 15.0. The summed E-state index contributed by atoms with van der Waals surface area (Å²) < 4.78 is 43.8. The molecule has 2 saturated heterocycles. The van der Waals surface area contributed by atoms with Crippen molar-refractivity contribution in [3.05, 3.63) is 18.2 Å². The van der Waals surface area contributed by atoms with Crippen LogP contribution >= 0.6 is 0 Å². The molecule has 0 bridgehead atoms. The van der Waals surface area contributed by atoms with Crippen LogP contribution in [0.4, 0.5) is 15.3 Å². The predicted octanol–water partition coefficient (Wildman–Crippen LogP) is 1.01. The number of benzene rings is 1. The maximum atomic E-state index is 13.2. The van der Waals surface area contributed by atoms with Crippen LogP contribution in [0.2, 0.25) is 0 Å². The van der Waals surface area contributed by atoms with Crippen LogP contribution in [-0.2, 0) is 19.5 Å². The van der Waals surface area contributed by atoms with Crippen molar-refractivity contribution in [3.8, 4) is 5.75 Å². The van der Waals surface area contributed by atoms with Crippen molar-refractivity contribution in [1.82, 2.24) is 9.21 Å². The molecule has 2 amide bonds. The molecule has 32 heavy (non-hydrogen) atoms. The van der Waals surface area contributed by atoms with E-state index in [1.807, 2.05) is 0 Å². The number of rotatable bonds is 3. The molecule has 11 nitrogen and oxygen atoms in total. The van der Waals surface area contributed by atoms with Crippen molar-refractivity contribution in [2.24, 2.45) is 0 Å². The predicted molar refractivity (Wildman–Crippen MR) is 112 cm³/mol. The van der Waals surface area contributed by atoms with Crippen LogP contribution in [0.5, 0.6) is 5.75 Å². The maximum absolute atomic E-state index is 13.2. The van der Waals surface area contributed by atoms with Gasteiger partial charge in [-0.05, 0) is 32.9 Å². The molecule has 3 aliphatic rings. The van der Waals surface area contributed by atoms with E-state index in [4.69, 9.17) is 14.2 Å². The quantitative estimate of drug-likeness (QED) is 0.695. The van der Waals surface area contributed by atoms with Gasteiger partial charge in [0.15, 0.2) is 6.10 Å². The van der Waals surface area contributed by atoms with Crippen molar-refractivity contribution in [3.63, 3.8) is 0 Å². The van der Waals surface area contributed by atoms with Crippen molar-refractivity contribution in [2.45, 2.75) is 43.4 Å². The summed E-state index contributed by atoms with van der Waals surface area (Å²) in [5.41, 5.74) is -0.225. The third-order valence-corrected chi connectivity index (χ3v) is 7.41. The lowest BCUT2D eigenvalue weighted by atomic mass is 10.1. The van der Waals surface area contributed by atoms with Crippen LogP contribution in [0.25, 0.3) is 0 Å². The van der Waals surface area contributed by atoms with Crippen molar-refractivity contribution in [1.29, 1.82) is 0 Å². The number of anilines is 1. The van der Waals surface area contributed by atoms with Gasteiger partial charge < -0.3 is 24.2 Å². The Bertz CT molecular complexity index is 1010. The van der Waals surface area contributed by atoms with Crippen molar-refractivity contribution >= 4 is 27.9 Å². The van der Waals surface area contributed by atoms with Gasteiger partial charge in [0.05, 0.1) is 17.2 Å². The molecule has 1 aromatic rings. The van der Waals surface area contributed by atoms with Crippen LogP contribution in [0, 0.1) is 0 Å². The second kappa shape index (κ2) is 8.09. The zero-order chi connectivity index (χ0) is 23.3. The fraction of sp³-hybridized carbons (Fsp3) is 0.600. The normalized spacial score (nSPS) is 23.8. The molecule has 3 aliphatic heterocycles. The first-order valence-corrected chi connectivity index (χ1v) is 11.8. The minimum absolute atomic E-state index is 0.0340. The number of piperazine rings is 1. The van der Waals surface area contributed by atoms with Crippen LogP contribution in [0.3, 0.4) is 0 Å².